The standard InChI is InChI=1S/C19H34O2S2/c1-18(2,3)14-15(8-9-16-10-13-22-23-16)19(17(20)21)11-6-4-5-7-12-19/h15-16H,4-14H2,1-3H3,(H,20,21). The van der Waals surface area contributed by atoms with Crippen molar-refractivity contribution in [1.29, 1.82) is 0 Å². The van der Waals surface area contributed by atoms with Gasteiger partial charge in [-0.3, -0.25) is 4.79 Å². The Morgan fingerprint density at radius 3 is 2.35 bits per heavy atom. The summed E-state index contributed by atoms with van der Waals surface area (Å²) in [5.41, 5.74) is -0.253. The highest BCUT2D eigenvalue weighted by atomic mass is 33.1. The van der Waals surface area contributed by atoms with Gasteiger partial charge < -0.3 is 5.11 Å². The Bertz CT molecular complexity index is 375. The van der Waals surface area contributed by atoms with Crippen LogP contribution in [0.3, 0.4) is 0 Å². The van der Waals surface area contributed by atoms with Crippen LogP contribution in [0.5, 0.6) is 0 Å². The van der Waals surface area contributed by atoms with Crippen LogP contribution in [0.4, 0.5) is 0 Å². The first-order valence-electron chi connectivity index (χ1n) is 9.35. The van der Waals surface area contributed by atoms with Crippen molar-refractivity contribution in [2.24, 2.45) is 16.7 Å². The van der Waals surface area contributed by atoms with Gasteiger partial charge in [0.1, 0.15) is 0 Å². The van der Waals surface area contributed by atoms with E-state index < -0.39 is 11.4 Å². The number of hydrogen-bond acceptors (Lipinski definition) is 3. The Labute approximate surface area is 150 Å². The Kier molecular flexibility index (Phi) is 7.21. The maximum Gasteiger partial charge on any atom is 0.309 e. The molecule has 0 aromatic carbocycles. The molecule has 1 aliphatic heterocycles. The van der Waals surface area contributed by atoms with E-state index in [9.17, 15) is 9.90 Å². The van der Waals surface area contributed by atoms with Crippen LogP contribution in [0.25, 0.3) is 0 Å². The monoisotopic (exact) mass is 358 g/mol. The van der Waals surface area contributed by atoms with E-state index in [0.717, 1.165) is 43.8 Å². The van der Waals surface area contributed by atoms with Gasteiger partial charge in [0.15, 0.2) is 0 Å². The van der Waals surface area contributed by atoms with Crippen LogP contribution in [0.2, 0.25) is 0 Å². The summed E-state index contributed by atoms with van der Waals surface area (Å²) in [5.74, 6) is 1.09. The van der Waals surface area contributed by atoms with Crippen molar-refractivity contribution in [1.82, 2.24) is 0 Å². The number of carboxylic acid groups (broad SMARTS) is 1. The third kappa shape index (κ3) is 5.59. The second-order valence-corrected chi connectivity index (χ2v) is 11.5. The molecule has 0 aromatic rings. The summed E-state index contributed by atoms with van der Waals surface area (Å²) in [6.07, 6.45) is 11.1. The lowest BCUT2D eigenvalue weighted by molar-refractivity contribution is -0.155. The zero-order valence-corrected chi connectivity index (χ0v) is 16.7. The van der Waals surface area contributed by atoms with E-state index in [1.165, 1.54) is 31.4 Å². The van der Waals surface area contributed by atoms with Gasteiger partial charge in [-0.05, 0) is 49.9 Å². The van der Waals surface area contributed by atoms with E-state index in [0.29, 0.717) is 5.92 Å². The molecule has 1 aliphatic carbocycles. The van der Waals surface area contributed by atoms with Crippen LogP contribution < -0.4 is 0 Å². The van der Waals surface area contributed by atoms with Crippen LogP contribution in [0, 0.1) is 16.7 Å². The average molecular weight is 359 g/mol. The van der Waals surface area contributed by atoms with Gasteiger partial charge >= 0.3 is 5.97 Å². The third-order valence-corrected chi connectivity index (χ3v) is 8.63. The van der Waals surface area contributed by atoms with E-state index in [4.69, 9.17) is 0 Å². The summed E-state index contributed by atoms with van der Waals surface area (Å²) >= 11 is 0. The van der Waals surface area contributed by atoms with Gasteiger partial charge in [0, 0.05) is 11.0 Å². The molecule has 2 atom stereocenters. The predicted octanol–water partition coefficient (Wildman–Crippen LogP) is 6.40. The van der Waals surface area contributed by atoms with E-state index in [1.54, 1.807) is 0 Å². The molecule has 1 saturated heterocycles. The molecule has 2 rings (SSSR count). The van der Waals surface area contributed by atoms with Gasteiger partial charge in [0.05, 0.1) is 5.41 Å². The smallest absolute Gasteiger partial charge is 0.309 e. The highest BCUT2D eigenvalue weighted by Crippen LogP contribution is 2.49. The van der Waals surface area contributed by atoms with Crippen molar-refractivity contribution in [3.8, 4) is 0 Å². The second kappa shape index (κ2) is 8.51. The fourth-order valence-electron chi connectivity index (χ4n) is 4.42. The zero-order chi connectivity index (χ0) is 16.9. The number of carboxylic acids is 1. The first-order valence-corrected chi connectivity index (χ1v) is 11.7. The van der Waals surface area contributed by atoms with E-state index in [1.807, 2.05) is 21.6 Å². The molecule has 0 amide bonds. The number of aliphatic carboxylic acids is 1. The van der Waals surface area contributed by atoms with Gasteiger partial charge in [-0.15, -0.1) is 0 Å². The maximum absolute atomic E-state index is 12.3. The quantitative estimate of drug-likeness (QED) is 0.440. The largest absolute Gasteiger partial charge is 0.481 e. The molecule has 0 radical (unpaired) electrons. The average Bonchev–Trinajstić information content (AvgIpc) is 2.84. The molecule has 2 fully saturated rings. The van der Waals surface area contributed by atoms with Gasteiger partial charge in [-0.1, -0.05) is 68.0 Å². The van der Waals surface area contributed by atoms with Crippen molar-refractivity contribution in [2.75, 3.05) is 5.75 Å². The predicted molar refractivity (Wildman–Crippen MR) is 103 cm³/mol. The summed E-state index contributed by atoms with van der Waals surface area (Å²) in [4.78, 5) is 12.3. The first kappa shape index (κ1) is 19.5. The van der Waals surface area contributed by atoms with Crippen molar-refractivity contribution < 1.29 is 9.90 Å². The highest BCUT2D eigenvalue weighted by molar-refractivity contribution is 8.77. The number of hydrogen-bond donors (Lipinski definition) is 1. The summed E-state index contributed by atoms with van der Waals surface area (Å²) in [5, 5.41) is 10.9. The lowest BCUT2D eigenvalue weighted by atomic mass is 9.63. The normalized spacial score (nSPS) is 26.7. The molecule has 0 spiro atoms. The summed E-state index contributed by atoms with van der Waals surface area (Å²) < 4.78 is 0. The van der Waals surface area contributed by atoms with Gasteiger partial charge in [0.25, 0.3) is 0 Å². The fraction of sp³-hybridized carbons (Fsp3) is 0.947. The Balaban J connectivity index is 2.14. The number of carbonyl (C=O) groups is 1. The molecular weight excluding hydrogens is 324 g/mol. The molecule has 2 unspecified atom stereocenters. The van der Waals surface area contributed by atoms with Crippen molar-refractivity contribution in [2.45, 2.75) is 90.2 Å². The molecule has 2 nitrogen and oxygen atoms in total. The first-order chi connectivity index (χ1) is 10.8. The zero-order valence-electron chi connectivity index (χ0n) is 15.1. The molecular formula is C19H34O2S2. The Morgan fingerprint density at radius 1 is 1.22 bits per heavy atom. The molecule has 23 heavy (non-hydrogen) atoms. The van der Waals surface area contributed by atoms with Crippen LogP contribution in [0.1, 0.15) is 85.0 Å². The summed E-state index contributed by atoms with van der Waals surface area (Å²) in [6, 6.07) is 0. The van der Waals surface area contributed by atoms with Crippen LogP contribution in [-0.2, 0) is 4.79 Å². The third-order valence-electron chi connectivity index (χ3n) is 5.63. The minimum Gasteiger partial charge on any atom is -0.481 e. The fourth-order valence-corrected chi connectivity index (χ4v) is 7.42. The minimum absolute atomic E-state index is 0.205. The second-order valence-electron chi connectivity index (χ2n) is 8.74. The van der Waals surface area contributed by atoms with Crippen LogP contribution in [-0.4, -0.2) is 22.1 Å². The summed E-state index contributed by atoms with van der Waals surface area (Å²) in [7, 11) is 4.02. The maximum atomic E-state index is 12.3. The van der Waals surface area contributed by atoms with Gasteiger partial charge in [-0.2, -0.15) is 0 Å². The molecule has 134 valence electrons. The van der Waals surface area contributed by atoms with Crippen molar-refractivity contribution >= 4 is 27.6 Å². The lowest BCUT2D eigenvalue weighted by Crippen LogP contribution is -2.40. The molecule has 0 bridgehead atoms. The van der Waals surface area contributed by atoms with E-state index in [2.05, 4.69) is 20.8 Å². The molecule has 0 aromatic heterocycles. The molecule has 1 N–H and O–H groups in total. The molecule has 1 heterocycles. The number of rotatable bonds is 6. The molecule has 2 aliphatic rings. The Morgan fingerprint density at radius 2 is 1.87 bits per heavy atom. The van der Waals surface area contributed by atoms with Crippen molar-refractivity contribution in [3.63, 3.8) is 0 Å². The SMILES string of the molecule is CC(C)(C)CC(CCC1CCSS1)C1(C(=O)O)CCCCCC1. The molecule has 1 saturated carbocycles. The molecule has 4 heteroatoms. The minimum atomic E-state index is -0.512. The highest BCUT2D eigenvalue weighted by Gasteiger charge is 2.46. The Hall–Kier alpha value is 0.170. The van der Waals surface area contributed by atoms with E-state index in [-0.39, 0.29) is 5.41 Å². The summed E-state index contributed by atoms with van der Waals surface area (Å²) in [6.45, 7) is 6.81. The van der Waals surface area contributed by atoms with Crippen LogP contribution in [0.15, 0.2) is 0 Å². The van der Waals surface area contributed by atoms with Crippen molar-refractivity contribution in [3.05, 3.63) is 0 Å². The van der Waals surface area contributed by atoms with Gasteiger partial charge in [0.2, 0.25) is 0 Å². The lowest BCUT2D eigenvalue weighted by Gasteiger charge is -2.40. The topological polar surface area (TPSA) is 37.3 Å². The van der Waals surface area contributed by atoms with Gasteiger partial charge in [-0.25, -0.2) is 0 Å². The van der Waals surface area contributed by atoms with Crippen LogP contribution >= 0.6 is 21.6 Å². The van der Waals surface area contributed by atoms with E-state index >= 15 is 0 Å².